The van der Waals surface area contributed by atoms with Crippen molar-refractivity contribution < 1.29 is 31.1 Å². The van der Waals surface area contributed by atoms with Crippen LogP contribution < -0.4 is 4.72 Å². The van der Waals surface area contributed by atoms with Gasteiger partial charge >= 0.3 is 6.18 Å². The Kier molecular flexibility index (Phi) is 7.40. The minimum absolute atomic E-state index is 0.0868. The van der Waals surface area contributed by atoms with E-state index in [2.05, 4.69) is 0 Å². The van der Waals surface area contributed by atoms with Crippen molar-refractivity contribution in [1.29, 1.82) is 5.26 Å². The number of ether oxygens (including phenoxy) is 1. The van der Waals surface area contributed by atoms with Crippen molar-refractivity contribution in [3.8, 4) is 6.07 Å². The normalized spacial score (nSPS) is 15.8. The monoisotopic (exact) mass is 419 g/mol. The molecule has 1 heterocycles. The zero-order chi connectivity index (χ0) is 20.8. The standard InChI is InChI=1S/C17H20F3N3O4S/c18-17(19,20)13-3-1-4-15(11-13)28(25,26)22-12-16(24)23(8-2-7-21)14-5-9-27-10-6-14/h1,3-4,11,14,22H,2,5-6,8-10,12H2. The lowest BCUT2D eigenvalue weighted by Gasteiger charge is -2.34. The molecule has 2 rings (SSSR count). The molecule has 0 atom stereocenters. The maximum absolute atomic E-state index is 12.8. The van der Waals surface area contributed by atoms with E-state index in [9.17, 15) is 26.4 Å². The minimum atomic E-state index is -4.68. The Balaban J connectivity index is 2.09. The molecule has 0 bridgehead atoms. The van der Waals surface area contributed by atoms with Crippen molar-refractivity contribution in [1.82, 2.24) is 9.62 Å². The number of alkyl halides is 3. The third-order valence-electron chi connectivity index (χ3n) is 4.30. The van der Waals surface area contributed by atoms with Crippen LogP contribution in [0.5, 0.6) is 0 Å². The number of amides is 1. The summed E-state index contributed by atoms with van der Waals surface area (Å²) in [4.78, 5) is 13.4. The summed E-state index contributed by atoms with van der Waals surface area (Å²) >= 11 is 0. The highest BCUT2D eigenvalue weighted by Gasteiger charge is 2.32. The summed E-state index contributed by atoms with van der Waals surface area (Å²) in [6.45, 7) is 0.445. The van der Waals surface area contributed by atoms with Crippen LogP contribution in [0.25, 0.3) is 0 Å². The molecule has 0 aliphatic carbocycles. The van der Waals surface area contributed by atoms with Crippen LogP contribution in [0.2, 0.25) is 0 Å². The fraction of sp³-hybridized carbons (Fsp3) is 0.529. The Bertz CT molecular complexity index is 831. The largest absolute Gasteiger partial charge is 0.416 e. The molecule has 11 heteroatoms. The SMILES string of the molecule is N#CCCN(C(=O)CNS(=O)(=O)c1cccc(C(F)(F)F)c1)C1CCOCC1. The summed E-state index contributed by atoms with van der Waals surface area (Å²) in [5.74, 6) is -0.544. The molecule has 1 aliphatic heterocycles. The molecule has 0 saturated carbocycles. The van der Waals surface area contributed by atoms with Crippen molar-refractivity contribution >= 4 is 15.9 Å². The first-order chi connectivity index (χ1) is 13.1. The van der Waals surface area contributed by atoms with Crippen LogP contribution in [0, 0.1) is 11.3 Å². The number of carbonyl (C=O) groups excluding carboxylic acids is 1. The summed E-state index contributed by atoms with van der Waals surface area (Å²) in [5.41, 5.74) is -1.10. The Hall–Kier alpha value is -2.16. The molecular weight excluding hydrogens is 399 g/mol. The summed E-state index contributed by atoms with van der Waals surface area (Å²) in [5, 5.41) is 8.78. The fourth-order valence-electron chi connectivity index (χ4n) is 2.86. The van der Waals surface area contributed by atoms with Gasteiger partial charge in [-0.05, 0) is 31.0 Å². The Morgan fingerprint density at radius 1 is 1.32 bits per heavy atom. The Labute approximate surface area is 161 Å². The molecule has 1 fully saturated rings. The molecule has 1 amide bonds. The van der Waals surface area contributed by atoms with Crippen molar-refractivity contribution in [2.24, 2.45) is 0 Å². The lowest BCUT2D eigenvalue weighted by atomic mass is 10.1. The van der Waals surface area contributed by atoms with Gasteiger partial charge in [0, 0.05) is 25.8 Å². The third kappa shape index (κ3) is 5.92. The Morgan fingerprint density at radius 2 is 2.00 bits per heavy atom. The zero-order valence-corrected chi connectivity index (χ0v) is 15.7. The molecule has 154 valence electrons. The molecule has 1 N–H and O–H groups in total. The van der Waals surface area contributed by atoms with Gasteiger partial charge in [0.25, 0.3) is 0 Å². The second kappa shape index (κ2) is 9.36. The maximum Gasteiger partial charge on any atom is 0.416 e. The van der Waals surface area contributed by atoms with Gasteiger partial charge in [-0.3, -0.25) is 4.79 Å². The summed E-state index contributed by atoms with van der Waals surface area (Å²) in [6, 6.07) is 5.05. The highest BCUT2D eigenvalue weighted by Crippen LogP contribution is 2.30. The number of hydrogen-bond acceptors (Lipinski definition) is 5. The molecule has 0 radical (unpaired) electrons. The minimum Gasteiger partial charge on any atom is -0.381 e. The van der Waals surface area contributed by atoms with E-state index >= 15 is 0 Å². The number of carbonyl (C=O) groups is 1. The van der Waals surface area contributed by atoms with Gasteiger partial charge in [-0.2, -0.15) is 18.4 Å². The number of benzene rings is 1. The number of rotatable bonds is 7. The van der Waals surface area contributed by atoms with Crippen LogP contribution in [0.3, 0.4) is 0 Å². The number of hydrogen-bond donors (Lipinski definition) is 1. The molecule has 28 heavy (non-hydrogen) atoms. The molecule has 1 aliphatic rings. The van der Waals surface area contributed by atoms with Gasteiger partial charge in [-0.25, -0.2) is 13.1 Å². The molecule has 7 nitrogen and oxygen atoms in total. The number of nitrogens with zero attached hydrogens (tertiary/aromatic N) is 2. The van der Waals surface area contributed by atoms with Crippen LogP contribution in [-0.2, 0) is 25.7 Å². The number of halogens is 3. The van der Waals surface area contributed by atoms with Crippen molar-refractivity contribution in [2.75, 3.05) is 26.3 Å². The van der Waals surface area contributed by atoms with Crippen LogP contribution in [0.4, 0.5) is 13.2 Å². The molecule has 0 spiro atoms. The number of nitriles is 1. The second-order valence-electron chi connectivity index (χ2n) is 6.19. The van der Waals surface area contributed by atoms with Crippen molar-refractivity contribution in [2.45, 2.75) is 36.4 Å². The van der Waals surface area contributed by atoms with Crippen LogP contribution in [0.15, 0.2) is 29.2 Å². The molecule has 0 unspecified atom stereocenters. The highest BCUT2D eigenvalue weighted by molar-refractivity contribution is 7.89. The van der Waals surface area contributed by atoms with Gasteiger partial charge < -0.3 is 9.64 Å². The highest BCUT2D eigenvalue weighted by atomic mass is 32.2. The van der Waals surface area contributed by atoms with E-state index in [1.807, 2.05) is 10.8 Å². The number of nitrogens with one attached hydrogen (secondary N) is 1. The van der Waals surface area contributed by atoms with E-state index in [1.165, 1.54) is 4.90 Å². The predicted molar refractivity (Wildman–Crippen MR) is 92.4 cm³/mol. The van der Waals surface area contributed by atoms with Crippen LogP contribution in [0.1, 0.15) is 24.8 Å². The second-order valence-corrected chi connectivity index (χ2v) is 7.96. The van der Waals surface area contributed by atoms with E-state index in [-0.39, 0.29) is 19.0 Å². The van der Waals surface area contributed by atoms with Gasteiger partial charge in [-0.1, -0.05) is 6.07 Å². The van der Waals surface area contributed by atoms with Crippen molar-refractivity contribution in [3.05, 3.63) is 29.8 Å². The smallest absolute Gasteiger partial charge is 0.381 e. The van der Waals surface area contributed by atoms with Crippen LogP contribution in [-0.4, -0.2) is 51.6 Å². The van der Waals surface area contributed by atoms with Crippen LogP contribution >= 0.6 is 0 Å². The molecule has 1 aromatic rings. The maximum atomic E-state index is 12.8. The van der Waals surface area contributed by atoms with Gasteiger partial charge in [-0.15, -0.1) is 0 Å². The van der Waals surface area contributed by atoms with E-state index in [4.69, 9.17) is 10.00 Å². The fourth-order valence-corrected chi connectivity index (χ4v) is 3.88. The lowest BCUT2D eigenvalue weighted by Crippen LogP contribution is -2.48. The summed E-state index contributed by atoms with van der Waals surface area (Å²) in [6.07, 6.45) is -3.46. The lowest BCUT2D eigenvalue weighted by molar-refractivity contribution is -0.138. The Morgan fingerprint density at radius 3 is 2.61 bits per heavy atom. The quantitative estimate of drug-likeness (QED) is 0.728. The molecule has 1 aromatic carbocycles. The average Bonchev–Trinajstić information content (AvgIpc) is 2.67. The van der Waals surface area contributed by atoms with Gasteiger partial charge in [0.1, 0.15) is 0 Å². The van der Waals surface area contributed by atoms with Gasteiger partial charge in [0.05, 0.1) is 29.5 Å². The first-order valence-corrected chi connectivity index (χ1v) is 10.0. The topological polar surface area (TPSA) is 99.5 Å². The summed E-state index contributed by atoms with van der Waals surface area (Å²) < 4.78 is 70.3. The predicted octanol–water partition coefficient (Wildman–Crippen LogP) is 1.90. The summed E-state index contributed by atoms with van der Waals surface area (Å²) in [7, 11) is -4.31. The van der Waals surface area contributed by atoms with E-state index in [1.54, 1.807) is 0 Å². The first kappa shape index (κ1) is 22.1. The number of sulfonamides is 1. The van der Waals surface area contributed by atoms with Gasteiger partial charge in [0.15, 0.2) is 0 Å². The zero-order valence-electron chi connectivity index (χ0n) is 14.9. The molecule has 1 saturated heterocycles. The first-order valence-electron chi connectivity index (χ1n) is 8.56. The molecular formula is C17H20F3N3O4S. The average molecular weight is 419 g/mol. The van der Waals surface area contributed by atoms with E-state index in [0.29, 0.717) is 32.1 Å². The van der Waals surface area contributed by atoms with E-state index < -0.39 is 39.1 Å². The van der Waals surface area contributed by atoms with Crippen molar-refractivity contribution in [3.63, 3.8) is 0 Å². The van der Waals surface area contributed by atoms with Gasteiger partial charge in [0.2, 0.25) is 15.9 Å². The third-order valence-corrected chi connectivity index (χ3v) is 5.70. The van der Waals surface area contributed by atoms with E-state index in [0.717, 1.165) is 18.2 Å². The molecule has 0 aromatic heterocycles.